The first-order valence-corrected chi connectivity index (χ1v) is 8.80. The third kappa shape index (κ3) is 3.70. The molecule has 0 spiro atoms. The summed E-state index contributed by atoms with van der Waals surface area (Å²) in [4.78, 5) is 28.7. The Kier molecular flexibility index (Phi) is 4.78. The zero-order valence-corrected chi connectivity index (χ0v) is 15.4. The predicted octanol–water partition coefficient (Wildman–Crippen LogP) is 4.12. The van der Waals surface area contributed by atoms with Gasteiger partial charge in [-0.1, -0.05) is 12.1 Å². The first kappa shape index (κ1) is 18.4. The van der Waals surface area contributed by atoms with Crippen LogP contribution in [0.25, 0.3) is 10.9 Å². The largest absolute Gasteiger partial charge is 0.455 e. The van der Waals surface area contributed by atoms with Crippen molar-refractivity contribution in [2.24, 2.45) is 7.05 Å². The van der Waals surface area contributed by atoms with Crippen molar-refractivity contribution in [2.45, 2.75) is 0 Å². The Morgan fingerprint density at radius 2 is 1.93 bits per heavy atom. The molecule has 2 aromatic carbocycles. The Hall–Kier alpha value is -4.00. The van der Waals surface area contributed by atoms with Crippen LogP contribution in [-0.4, -0.2) is 15.5 Å². The first-order chi connectivity index (χ1) is 14.0. The van der Waals surface area contributed by atoms with Crippen LogP contribution in [0.4, 0.5) is 10.1 Å². The van der Waals surface area contributed by atoms with Crippen LogP contribution in [0.1, 0.15) is 10.4 Å². The van der Waals surface area contributed by atoms with Gasteiger partial charge in [0.2, 0.25) is 0 Å². The fourth-order valence-corrected chi connectivity index (χ4v) is 2.97. The monoisotopic (exact) mass is 389 g/mol. The second-order valence-corrected chi connectivity index (χ2v) is 6.36. The molecular formula is C22H16FN3O3. The lowest BCUT2D eigenvalue weighted by molar-refractivity contribution is 0.102. The molecule has 0 saturated heterocycles. The number of ether oxygens (including phenoxy) is 1. The maximum absolute atomic E-state index is 13.9. The molecule has 0 fully saturated rings. The molecule has 144 valence electrons. The van der Waals surface area contributed by atoms with E-state index in [1.165, 1.54) is 35.0 Å². The number of pyridine rings is 2. The Bertz CT molecular complexity index is 1270. The number of hydrogen-bond donors (Lipinski definition) is 1. The molecule has 0 aliphatic rings. The Labute approximate surface area is 165 Å². The normalized spacial score (nSPS) is 10.7. The summed E-state index contributed by atoms with van der Waals surface area (Å²) < 4.78 is 21.2. The van der Waals surface area contributed by atoms with Crippen molar-refractivity contribution in [1.29, 1.82) is 0 Å². The number of carbonyl (C=O) groups is 1. The molecule has 0 aliphatic carbocycles. The van der Waals surface area contributed by atoms with Crippen LogP contribution in [0.2, 0.25) is 0 Å². The molecule has 4 aromatic rings. The van der Waals surface area contributed by atoms with E-state index in [0.717, 1.165) is 0 Å². The van der Waals surface area contributed by atoms with Gasteiger partial charge in [0.1, 0.15) is 17.3 Å². The number of anilines is 1. The summed E-state index contributed by atoms with van der Waals surface area (Å²) in [6, 6.07) is 15.6. The van der Waals surface area contributed by atoms with Gasteiger partial charge in [-0.15, -0.1) is 0 Å². The fraction of sp³-hybridized carbons (Fsp3) is 0.0455. The van der Waals surface area contributed by atoms with Gasteiger partial charge in [-0.05, 0) is 42.5 Å². The van der Waals surface area contributed by atoms with Gasteiger partial charge >= 0.3 is 0 Å². The molecule has 7 heteroatoms. The van der Waals surface area contributed by atoms with Crippen LogP contribution in [0.15, 0.2) is 77.9 Å². The highest BCUT2D eigenvalue weighted by Crippen LogP contribution is 2.30. The number of amides is 1. The molecule has 2 heterocycles. The highest BCUT2D eigenvalue weighted by molar-refractivity contribution is 6.05. The standard InChI is InChI=1S/C22H16FN3O3/c1-26-19-9-8-14(25-22(28)16-6-2-3-7-18(16)23)11-17(19)20(12-21(26)27)29-15-5-4-10-24-13-15/h2-13H,1H3,(H,25,28). The van der Waals surface area contributed by atoms with Gasteiger partial charge in [-0.3, -0.25) is 14.6 Å². The van der Waals surface area contributed by atoms with Crippen molar-refractivity contribution in [3.8, 4) is 11.5 Å². The maximum Gasteiger partial charge on any atom is 0.258 e. The summed E-state index contributed by atoms with van der Waals surface area (Å²) in [6.45, 7) is 0. The highest BCUT2D eigenvalue weighted by atomic mass is 19.1. The van der Waals surface area contributed by atoms with Crippen LogP contribution < -0.4 is 15.6 Å². The van der Waals surface area contributed by atoms with Crippen molar-refractivity contribution in [2.75, 3.05) is 5.32 Å². The summed E-state index contributed by atoms with van der Waals surface area (Å²) in [6.07, 6.45) is 3.15. The number of aryl methyl sites for hydroxylation is 1. The van der Waals surface area contributed by atoms with Crippen LogP contribution >= 0.6 is 0 Å². The minimum atomic E-state index is -0.603. The van der Waals surface area contributed by atoms with Crippen LogP contribution in [0.3, 0.4) is 0 Å². The van der Waals surface area contributed by atoms with E-state index < -0.39 is 11.7 Å². The third-order valence-corrected chi connectivity index (χ3v) is 4.45. The quantitative estimate of drug-likeness (QED) is 0.570. The number of halogens is 1. The van der Waals surface area contributed by atoms with E-state index in [2.05, 4.69) is 10.3 Å². The second-order valence-electron chi connectivity index (χ2n) is 6.36. The Morgan fingerprint density at radius 1 is 1.10 bits per heavy atom. The van der Waals surface area contributed by atoms with Gasteiger partial charge in [-0.2, -0.15) is 0 Å². The molecule has 0 atom stereocenters. The first-order valence-electron chi connectivity index (χ1n) is 8.80. The minimum Gasteiger partial charge on any atom is -0.455 e. The summed E-state index contributed by atoms with van der Waals surface area (Å²) in [7, 11) is 1.65. The third-order valence-electron chi connectivity index (χ3n) is 4.45. The van der Waals surface area contributed by atoms with Crippen LogP contribution in [-0.2, 0) is 7.05 Å². The predicted molar refractivity (Wildman–Crippen MR) is 108 cm³/mol. The average Bonchev–Trinajstić information content (AvgIpc) is 2.73. The van der Waals surface area contributed by atoms with Gasteiger partial charge in [-0.25, -0.2) is 4.39 Å². The molecular weight excluding hydrogens is 373 g/mol. The number of fused-ring (bicyclic) bond motifs is 1. The molecule has 0 radical (unpaired) electrons. The lowest BCUT2D eigenvalue weighted by Crippen LogP contribution is -2.17. The minimum absolute atomic E-state index is 0.0557. The lowest BCUT2D eigenvalue weighted by Gasteiger charge is -2.13. The van der Waals surface area contributed by atoms with Crippen LogP contribution in [0.5, 0.6) is 11.5 Å². The molecule has 4 rings (SSSR count). The zero-order valence-electron chi connectivity index (χ0n) is 15.4. The van der Waals surface area contributed by atoms with E-state index >= 15 is 0 Å². The Morgan fingerprint density at radius 3 is 2.69 bits per heavy atom. The van der Waals surface area contributed by atoms with E-state index in [9.17, 15) is 14.0 Å². The van der Waals surface area contributed by atoms with E-state index in [4.69, 9.17) is 4.74 Å². The van der Waals surface area contributed by atoms with Gasteiger partial charge in [0.15, 0.2) is 0 Å². The molecule has 0 saturated carbocycles. The van der Waals surface area contributed by atoms with Crippen molar-refractivity contribution in [1.82, 2.24) is 9.55 Å². The van der Waals surface area contributed by atoms with E-state index in [-0.39, 0.29) is 11.1 Å². The number of carbonyl (C=O) groups excluding carboxylic acids is 1. The molecule has 0 unspecified atom stereocenters. The topological polar surface area (TPSA) is 73.2 Å². The lowest BCUT2D eigenvalue weighted by atomic mass is 10.1. The second kappa shape index (κ2) is 7.55. The van der Waals surface area contributed by atoms with Gasteiger partial charge in [0.05, 0.1) is 17.3 Å². The van der Waals surface area contributed by atoms with Gasteiger partial charge < -0.3 is 14.6 Å². The fourth-order valence-electron chi connectivity index (χ4n) is 2.97. The molecule has 1 N–H and O–H groups in total. The average molecular weight is 389 g/mol. The van der Waals surface area contributed by atoms with E-state index in [0.29, 0.717) is 28.1 Å². The zero-order chi connectivity index (χ0) is 20.4. The maximum atomic E-state index is 13.9. The number of nitrogens with one attached hydrogen (secondary N) is 1. The summed E-state index contributed by atoms with van der Waals surface area (Å²) in [5.41, 5.74) is 0.778. The molecule has 6 nitrogen and oxygen atoms in total. The van der Waals surface area contributed by atoms with Crippen LogP contribution in [0, 0.1) is 5.82 Å². The Balaban J connectivity index is 1.75. The van der Waals surface area contributed by atoms with Crippen molar-refractivity contribution >= 4 is 22.5 Å². The number of aromatic nitrogens is 2. The molecule has 29 heavy (non-hydrogen) atoms. The number of hydrogen-bond acceptors (Lipinski definition) is 4. The molecule has 0 aliphatic heterocycles. The summed E-state index contributed by atoms with van der Waals surface area (Å²) in [5, 5.41) is 3.30. The van der Waals surface area contributed by atoms with Crippen molar-refractivity contribution in [3.05, 3.63) is 94.8 Å². The van der Waals surface area contributed by atoms with Crippen molar-refractivity contribution < 1.29 is 13.9 Å². The summed E-state index contributed by atoms with van der Waals surface area (Å²) >= 11 is 0. The summed E-state index contributed by atoms with van der Waals surface area (Å²) in [5.74, 6) is -0.364. The number of nitrogens with zero attached hydrogens (tertiary/aromatic N) is 2. The molecule has 1 amide bonds. The number of rotatable bonds is 4. The molecule has 0 bridgehead atoms. The van der Waals surface area contributed by atoms with Gasteiger partial charge in [0.25, 0.3) is 11.5 Å². The smallest absolute Gasteiger partial charge is 0.258 e. The SMILES string of the molecule is Cn1c(=O)cc(Oc2cccnc2)c2cc(NC(=O)c3ccccc3F)ccc21. The number of benzene rings is 2. The highest BCUT2D eigenvalue weighted by Gasteiger charge is 2.14. The van der Waals surface area contributed by atoms with Gasteiger partial charge in [0, 0.05) is 30.4 Å². The van der Waals surface area contributed by atoms with E-state index in [1.807, 2.05) is 0 Å². The molecule has 2 aromatic heterocycles. The van der Waals surface area contributed by atoms with Crippen molar-refractivity contribution in [3.63, 3.8) is 0 Å². The van der Waals surface area contributed by atoms with E-state index in [1.54, 1.807) is 49.6 Å².